The van der Waals surface area contributed by atoms with Crippen LogP contribution in [0.15, 0.2) is 36.5 Å². The number of nitrogens with two attached hydrogens (primary N) is 2. The van der Waals surface area contributed by atoms with E-state index in [-0.39, 0.29) is 12.7 Å². The minimum Gasteiger partial charge on any atom is -0.493 e. The Morgan fingerprint density at radius 3 is 2.53 bits per heavy atom. The lowest BCUT2D eigenvalue weighted by Gasteiger charge is -2.19. The molecule has 0 saturated carbocycles. The van der Waals surface area contributed by atoms with Crippen LogP contribution < -0.4 is 30.4 Å². The molecule has 0 aliphatic carbocycles. The molecule has 0 spiro atoms. The number of aromatic nitrogens is 2. The molecule has 168 valence electrons. The lowest BCUT2D eigenvalue weighted by atomic mass is 9.98. The molecule has 0 atom stereocenters. The molecule has 4 N–H and O–H groups in total. The summed E-state index contributed by atoms with van der Waals surface area (Å²) in [6, 6.07) is 9.88. The normalized spacial score (nSPS) is 12.1. The molecule has 2 aromatic carbocycles. The Balaban J connectivity index is 1.78. The van der Waals surface area contributed by atoms with Gasteiger partial charge in [-0.2, -0.15) is 4.98 Å². The SMILES string of the molecule is CCCCOc1cc(Cc2cnc(N)nc2N)cc(OCC)c1-c1ccc2c(c1)OCO2. The zero-order valence-electron chi connectivity index (χ0n) is 18.4. The minimum absolute atomic E-state index is 0.156. The summed E-state index contributed by atoms with van der Waals surface area (Å²) in [7, 11) is 0. The minimum atomic E-state index is 0.156. The Hall–Kier alpha value is -3.68. The predicted molar refractivity (Wildman–Crippen MR) is 123 cm³/mol. The van der Waals surface area contributed by atoms with E-state index in [4.69, 9.17) is 30.4 Å². The average Bonchev–Trinajstić information content (AvgIpc) is 3.24. The number of benzene rings is 2. The van der Waals surface area contributed by atoms with Crippen LogP contribution in [0.3, 0.4) is 0 Å². The largest absolute Gasteiger partial charge is 0.493 e. The monoisotopic (exact) mass is 436 g/mol. The molecule has 0 fully saturated rings. The summed E-state index contributed by atoms with van der Waals surface area (Å²) in [5.41, 5.74) is 15.3. The molecule has 4 rings (SSSR count). The van der Waals surface area contributed by atoms with Crippen LogP contribution in [0.25, 0.3) is 11.1 Å². The van der Waals surface area contributed by atoms with Crippen LogP contribution >= 0.6 is 0 Å². The molecule has 1 aliphatic heterocycles. The van der Waals surface area contributed by atoms with E-state index >= 15 is 0 Å². The van der Waals surface area contributed by atoms with E-state index in [1.54, 1.807) is 6.20 Å². The molecule has 0 amide bonds. The van der Waals surface area contributed by atoms with Gasteiger partial charge in [-0.15, -0.1) is 0 Å². The maximum Gasteiger partial charge on any atom is 0.231 e. The highest BCUT2D eigenvalue weighted by Crippen LogP contribution is 2.44. The summed E-state index contributed by atoms with van der Waals surface area (Å²) in [4.78, 5) is 8.14. The molecule has 1 aromatic heterocycles. The maximum atomic E-state index is 6.23. The Morgan fingerprint density at radius 2 is 1.78 bits per heavy atom. The number of hydrogen-bond acceptors (Lipinski definition) is 8. The molecular formula is C24H28N4O4. The molecule has 0 saturated heterocycles. The fourth-order valence-corrected chi connectivity index (χ4v) is 3.58. The van der Waals surface area contributed by atoms with Crippen LogP contribution in [0, 0.1) is 0 Å². The second-order valence-corrected chi connectivity index (χ2v) is 7.49. The van der Waals surface area contributed by atoms with E-state index < -0.39 is 0 Å². The van der Waals surface area contributed by atoms with Crippen molar-refractivity contribution in [2.24, 2.45) is 0 Å². The molecule has 2 heterocycles. The number of fused-ring (bicyclic) bond motifs is 1. The van der Waals surface area contributed by atoms with Gasteiger partial charge in [0.2, 0.25) is 12.7 Å². The number of nitrogen functional groups attached to an aromatic ring is 2. The van der Waals surface area contributed by atoms with Crippen molar-refractivity contribution in [1.82, 2.24) is 9.97 Å². The third-order valence-corrected chi connectivity index (χ3v) is 5.15. The first-order chi connectivity index (χ1) is 15.6. The number of anilines is 2. The van der Waals surface area contributed by atoms with Gasteiger partial charge in [0.25, 0.3) is 0 Å². The Labute approximate surface area is 187 Å². The summed E-state index contributed by atoms with van der Waals surface area (Å²) >= 11 is 0. The quantitative estimate of drug-likeness (QED) is 0.480. The zero-order chi connectivity index (χ0) is 22.5. The van der Waals surface area contributed by atoms with Crippen molar-refractivity contribution in [3.05, 3.63) is 47.7 Å². The standard InChI is InChI=1S/C24H28N4O4/c1-3-5-8-30-21-11-15(9-17-13-27-24(26)28-23(17)25)10-20(29-4-2)22(21)16-6-7-18-19(12-16)32-14-31-18/h6-7,10-13H,3-5,8-9,14H2,1-2H3,(H4,25,26,27,28). The molecule has 0 radical (unpaired) electrons. The van der Waals surface area contributed by atoms with E-state index in [0.717, 1.165) is 52.3 Å². The number of nitrogens with zero attached hydrogens (tertiary/aromatic N) is 2. The van der Waals surface area contributed by atoms with Gasteiger partial charge >= 0.3 is 0 Å². The van der Waals surface area contributed by atoms with Gasteiger partial charge < -0.3 is 30.4 Å². The number of ether oxygens (including phenoxy) is 4. The Bertz CT molecular complexity index is 1100. The predicted octanol–water partition coefficient (Wildman–Crippen LogP) is 4.21. The summed E-state index contributed by atoms with van der Waals surface area (Å²) < 4.78 is 23.3. The van der Waals surface area contributed by atoms with Crippen molar-refractivity contribution < 1.29 is 18.9 Å². The summed E-state index contributed by atoms with van der Waals surface area (Å²) in [5.74, 6) is 3.43. The second-order valence-electron chi connectivity index (χ2n) is 7.49. The van der Waals surface area contributed by atoms with Gasteiger partial charge in [0.15, 0.2) is 11.5 Å². The van der Waals surface area contributed by atoms with Crippen LogP contribution in [0.5, 0.6) is 23.0 Å². The molecular weight excluding hydrogens is 408 g/mol. The first kappa shape index (κ1) is 21.5. The maximum absolute atomic E-state index is 6.23. The number of hydrogen-bond donors (Lipinski definition) is 2. The molecule has 0 bridgehead atoms. The average molecular weight is 437 g/mol. The van der Waals surface area contributed by atoms with Gasteiger partial charge in [0.1, 0.15) is 17.3 Å². The molecule has 32 heavy (non-hydrogen) atoms. The van der Waals surface area contributed by atoms with Crippen LogP contribution in [0.2, 0.25) is 0 Å². The Morgan fingerprint density at radius 1 is 1.00 bits per heavy atom. The zero-order valence-corrected chi connectivity index (χ0v) is 18.4. The third-order valence-electron chi connectivity index (χ3n) is 5.15. The van der Waals surface area contributed by atoms with Crippen molar-refractivity contribution in [2.45, 2.75) is 33.1 Å². The van der Waals surface area contributed by atoms with Crippen LogP contribution in [0.4, 0.5) is 11.8 Å². The van der Waals surface area contributed by atoms with E-state index in [0.29, 0.717) is 31.2 Å². The van der Waals surface area contributed by atoms with Gasteiger partial charge in [-0.05, 0) is 48.7 Å². The van der Waals surface area contributed by atoms with E-state index in [1.165, 1.54) is 0 Å². The van der Waals surface area contributed by atoms with Crippen molar-refractivity contribution in [2.75, 3.05) is 31.5 Å². The Kier molecular flexibility index (Phi) is 6.49. The van der Waals surface area contributed by atoms with Gasteiger partial charge in [0, 0.05) is 18.2 Å². The summed E-state index contributed by atoms with van der Waals surface area (Å²) in [6.07, 6.45) is 4.17. The smallest absolute Gasteiger partial charge is 0.231 e. The number of unbranched alkanes of at least 4 members (excludes halogenated alkanes) is 1. The van der Waals surface area contributed by atoms with E-state index in [2.05, 4.69) is 16.9 Å². The highest BCUT2D eigenvalue weighted by molar-refractivity contribution is 5.79. The highest BCUT2D eigenvalue weighted by atomic mass is 16.7. The first-order valence-corrected chi connectivity index (χ1v) is 10.8. The fourth-order valence-electron chi connectivity index (χ4n) is 3.58. The fraction of sp³-hybridized carbons (Fsp3) is 0.333. The van der Waals surface area contributed by atoms with Crippen LogP contribution in [-0.2, 0) is 6.42 Å². The van der Waals surface area contributed by atoms with Gasteiger partial charge in [-0.1, -0.05) is 19.4 Å². The topological polar surface area (TPSA) is 115 Å². The lowest BCUT2D eigenvalue weighted by Crippen LogP contribution is -2.06. The molecule has 8 heteroatoms. The van der Waals surface area contributed by atoms with Crippen molar-refractivity contribution >= 4 is 11.8 Å². The van der Waals surface area contributed by atoms with Crippen molar-refractivity contribution in [1.29, 1.82) is 0 Å². The lowest BCUT2D eigenvalue weighted by molar-refractivity contribution is 0.174. The van der Waals surface area contributed by atoms with Crippen molar-refractivity contribution in [3.8, 4) is 34.1 Å². The number of rotatable bonds is 9. The molecule has 3 aromatic rings. The first-order valence-electron chi connectivity index (χ1n) is 10.8. The van der Waals surface area contributed by atoms with Gasteiger partial charge in [0.05, 0.1) is 18.8 Å². The van der Waals surface area contributed by atoms with E-state index in [1.807, 2.05) is 37.3 Å². The summed E-state index contributed by atoms with van der Waals surface area (Å²) in [6.45, 7) is 5.44. The molecule has 8 nitrogen and oxygen atoms in total. The second kappa shape index (κ2) is 9.64. The van der Waals surface area contributed by atoms with Crippen molar-refractivity contribution in [3.63, 3.8) is 0 Å². The van der Waals surface area contributed by atoms with Gasteiger partial charge in [-0.3, -0.25) is 0 Å². The van der Waals surface area contributed by atoms with Crippen LogP contribution in [-0.4, -0.2) is 30.0 Å². The summed E-state index contributed by atoms with van der Waals surface area (Å²) in [5, 5.41) is 0. The third kappa shape index (κ3) is 4.64. The van der Waals surface area contributed by atoms with Crippen LogP contribution in [0.1, 0.15) is 37.8 Å². The van der Waals surface area contributed by atoms with Gasteiger partial charge in [-0.25, -0.2) is 4.98 Å². The molecule has 0 unspecified atom stereocenters. The van der Waals surface area contributed by atoms with E-state index in [9.17, 15) is 0 Å². The highest BCUT2D eigenvalue weighted by Gasteiger charge is 2.20. The molecule has 1 aliphatic rings.